The SMILES string of the molecule is COc1cc(C(=O)N(C)C)ccc1-c1cc2nccc(-c3cc(F)c(N(C)C4CCOCC4)c(C#N)c3)c2o1. The summed E-state index contributed by atoms with van der Waals surface area (Å²) in [5.41, 5.74) is 3.82. The maximum Gasteiger partial charge on any atom is 0.253 e. The summed E-state index contributed by atoms with van der Waals surface area (Å²) in [5.74, 6) is 0.344. The molecule has 1 saturated heterocycles. The van der Waals surface area contributed by atoms with Crippen molar-refractivity contribution >= 4 is 22.7 Å². The number of carbonyl (C=O) groups excluding carboxylic acids is 1. The number of nitrogens with zero attached hydrogens (tertiary/aromatic N) is 4. The molecule has 0 aliphatic carbocycles. The van der Waals surface area contributed by atoms with Crippen molar-refractivity contribution in [2.24, 2.45) is 0 Å². The van der Waals surface area contributed by atoms with Gasteiger partial charge >= 0.3 is 0 Å². The topological polar surface area (TPSA) is 91.8 Å². The van der Waals surface area contributed by atoms with Crippen LogP contribution in [0.1, 0.15) is 28.8 Å². The van der Waals surface area contributed by atoms with E-state index in [4.69, 9.17) is 13.9 Å². The number of rotatable bonds is 6. The highest BCUT2D eigenvalue weighted by atomic mass is 19.1. The van der Waals surface area contributed by atoms with Gasteiger partial charge in [-0.15, -0.1) is 0 Å². The summed E-state index contributed by atoms with van der Waals surface area (Å²) in [6.07, 6.45) is 3.17. The molecule has 5 rings (SSSR count). The molecule has 0 atom stereocenters. The highest BCUT2D eigenvalue weighted by molar-refractivity contribution is 5.96. The molecule has 3 heterocycles. The summed E-state index contributed by atoms with van der Waals surface area (Å²) in [4.78, 5) is 20.2. The molecule has 1 aliphatic heterocycles. The first kappa shape index (κ1) is 26.2. The lowest BCUT2D eigenvalue weighted by atomic mass is 9.99. The van der Waals surface area contributed by atoms with E-state index in [-0.39, 0.29) is 23.2 Å². The molecule has 1 fully saturated rings. The Hall–Kier alpha value is -4.42. The van der Waals surface area contributed by atoms with Crippen LogP contribution in [0.25, 0.3) is 33.6 Å². The third kappa shape index (κ3) is 4.91. The third-order valence-electron chi connectivity index (χ3n) is 7.12. The van der Waals surface area contributed by atoms with E-state index in [2.05, 4.69) is 11.1 Å². The molecule has 200 valence electrons. The van der Waals surface area contributed by atoms with Gasteiger partial charge in [0.2, 0.25) is 0 Å². The molecule has 0 unspecified atom stereocenters. The fraction of sp³-hybridized carbons (Fsp3) is 0.300. The number of hydrogen-bond acceptors (Lipinski definition) is 7. The number of hydrogen-bond donors (Lipinski definition) is 0. The Labute approximate surface area is 226 Å². The number of anilines is 1. The predicted molar refractivity (Wildman–Crippen MR) is 146 cm³/mol. The second-order valence-electron chi connectivity index (χ2n) is 9.72. The molecule has 2 aromatic heterocycles. The van der Waals surface area contributed by atoms with Crippen LogP contribution in [0.2, 0.25) is 0 Å². The molecular formula is C30H29FN4O4. The van der Waals surface area contributed by atoms with Gasteiger partial charge < -0.3 is 23.7 Å². The Morgan fingerprint density at radius 2 is 1.87 bits per heavy atom. The predicted octanol–water partition coefficient (Wildman–Crippen LogP) is 5.50. The maximum absolute atomic E-state index is 15.6. The van der Waals surface area contributed by atoms with E-state index in [0.29, 0.717) is 58.1 Å². The average molecular weight is 529 g/mol. The van der Waals surface area contributed by atoms with Gasteiger partial charge in [-0.05, 0) is 54.8 Å². The van der Waals surface area contributed by atoms with Crippen molar-refractivity contribution in [2.45, 2.75) is 18.9 Å². The van der Waals surface area contributed by atoms with Crippen molar-refractivity contribution in [2.75, 3.05) is 46.4 Å². The van der Waals surface area contributed by atoms with E-state index in [9.17, 15) is 10.1 Å². The minimum Gasteiger partial charge on any atom is -0.496 e. The molecule has 0 bridgehead atoms. The van der Waals surface area contributed by atoms with Crippen LogP contribution in [0, 0.1) is 17.1 Å². The van der Waals surface area contributed by atoms with Crippen LogP contribution in [0.4, 0.5) is 10.1 Å². The zero-order valence-corrected chi connectivity index (χ0v) is 22.3. The summed E-state index contributed by atoms with van der Waals surface area (Å²) in [5, 5.41) is 9.94. The van der Waals surface area contributed by atoms with Crippen LogP contribution < -0.4 is 9.64 Å². The first-order valence-electron chi connectivity index (χ1n) is 12.7. The summed E-state index contributed by atoms with van der Waals surface area (Å²) >= 11 is 0. The third-order valence-corrected chi connectivity index (χ3v) is 7.12. The molecule has 0 N–H and O–H groups in total. The molecular weight excluding hydrogens is 499 g/mol. The number of nitriles is 1. The Morgan fingerprint density at radius 1 is 1.10 bits per heavy atom. The van der Waals surface area contributed by atoms with Crippen molar-refractivity contribution in [1.82, 2.24) is 9.88 Å². The number of pyridine rings is 1. The van der Waals surface area contributed by atoms with Crippen LogP contribution in [-0.4, -0.2) is 63.3 Å². The maximum atomic E-state index is 15.6. The van der Waals surface area contributed by atoms with Crippen molar-refractivity contribution in [1.29, 1.82) is 5.26 Å². The van der Waals surface area contributed by atoms with Crippen molar-refractivity contribution in [3.8, 4) is 34.3 Å². The van der Waals surface area contributed by atoms with Crippen LogP contribution >= 0.6 is 0 Å². The minimum absolute atomic E-state index is 0.0980. The summed E-state index contributed by atoms with van der Waals surface area (Å²) in [6, 6.07) is 14.1. The Bertz CT molecular complexity index is 1580. The summed E-state index contributed by atoms with van der Waals surface area (Å²) in [6.45, 7) is 1.23. The second-order valence-corrected chi connectivity index (χ2v) is 9.72. The smallest absolute Gasteiger partial charge is 0.253 e. The van der Waals surface area contributed by atoms with E-state index in [1.54, 1.807) is 56.7 Å². The van der Waals surface area contributed by atoms with E-state index < -0.39 is 5.82 Å². The standard InChI is InChI=1S/C30H29FN4O4/c1-34(2)30(36)18-5-6-23(26(15-18)37-4)27-16-25-29(39-27)22(7-10-33-25)19-13-20(17-32)28(24(31)14-19)35(3)21-8-11-38-12-9-21/h5-7,10,13-16,21H,8-9,11-12H2,1-4H3. The molecule has 0 saturated carbocycles. The van der Waals surface area contributed by atoms with E-state index >= 15 is 4.39 Å². The van der Waals surface area contributed by atoms with Gasteiger partial charge in [0, 0.05) is 63.8 Å². The quantitative estimate of drug-likeness (QED) is 0.326. The molecule has 2 aromatic carbocycles. The van der Waals surface area contributed by atoms with Crippen molar-refractivity contribution < 1.29 is 23.1 Å². The lowest BCUT2D eigenvalue weighted by Crippen LogP contribution is -2.37. The van der Waals surface area contributed by atoms with Gasteiger partial charge in [0.1, 0.15) is 28.9 Å². The lowest BCUT2D eigenvalue weighted by molar-refractivity contribution is 0.0827. The zero-order valence-electron chi connectivity index (χ0n) is 22.3. The number of aromatic nitrogens is 1. The van der Waals surface area contributed by atoms with Crippen LogP contribution in [0.5, 0.6) is 5.75 Å². The molecule has 39 heavy (non-hydrogen) atoms. The number of amides is 1. The lowest BCUT2D eigenvalue weighted by Gasteiger charge is -2.33. The van der Waals surface area contributed by atoms with E-state index in [1.165, 1.54) is 18.1 Å². The normalized spacial score (nSPS) is 13.7. The number of methoxy groups -OCH3 is 1. The van der Waals surface area contributed by atoms with Crippen molar-refractivity contribution in [3.63, 3.8) is 0 Å². The van der Waals surface area contributed by atoms with Crippen molar-refractivity contribution in [3.05, 3.63) is 65.6 Å². The molecule has 9 heteroatoms. The van der Waals surface area contributed by atoms with Gasteiger partial charge in [-0.2, -0.15) is 5.26 Å². The zero-order chi connectivity index (χ0) is 27.7. The number of fused-ring (bicyclic) bond motifs is 1. The van der Waals surface area contributed by atoms with Gasteiger partial charge in [-0.3, -0.25) is 9.78 Å². The minimum atomic E-state index is -0.474. The molecule has 0 radical (unpaired) electrons. The second kappa shape index (κ2) is 10.8. The first-order valence-corrected chi connectivity index (χ1v) is 12.7. The first-order chi connectivity index (χ1) is 18.8. The van der Waals surface area contributed by atoms with Gasteiger partial charge in [0.15, 0.2) is 5.58 Å². The molecule has 1 aliphatic rings. The summed E-state index contributed by atoms with van der Waals surface area (Å²) < 4.78 is 32.8. The van der Waals surface area contributed by atoms with E-state index in [1.807, 2.05) is 11.9 Å². The number of ether oxygens (including phenoxy) is 2. The summed E-state index contributed by atoms with van der Waals surface area (Å²) in [7, 11) is 6.72. The van der Waals surface area contributed by atoms with E-state index in [0.717, 1.165) is 12.8 Å². The van der Waals surface area contributed by atoms with Crippen LogP contribution in [-0.2, 0) is 4.74 Å². The van der Waals surface area contributed by atoms with Gasteiger partial charge in [-0.1, -0.05) is 0 Å². The van der Waals surface area contributed by atoms with Gasteiger partial charge in [0.25, 0.3) is 5.91 Å². The molecule has 0 spiro atoms. The van der Waals surface area contributed by atoms with Gasteiger partial charge in [-0.25, -0.2) is 4.39 Å². The monoisotopic (exact) mass is 528 g/mol. The fourth-order valence-electron chi connectivity index (χ4n) is 5.04. The Kier molecular flexibility index (Phi) is 7.22. The number of benzene rings is 2. The number of halogens is 1. The Morgan fingerprint density at radius 3 is 2.56 bits per heavy atom. The number of carbonyl (C=O) groups is 1. The molecule has 4 aromatic rings. The largest absolute Gasteiger partial charge is 0.496 e. The molecule has 1 amide bonds. The van der Waals surface area contributed by atoms with Crippen LogP contribution in [0.3, 0.4) is 0 Å². The van der Waals surface area contributed by atoms with Crippen LogP contribution in [0.15, 0.2) is 53.1 Å². The highest BCUT2D eigenvalue weighted by Crippen LogP contribution is 2.39. The van der Waals surface area contributed by atoms with Gasteiger partial charge in [0.05, 0.1) is 23.9 Å². The number of furan rings is 1. The Balaban J connectivity index is 1.56. The molecule has 8 nitrogen and oxygen atoms in total. The highest BCUT2D eigenvalue weighted by Gasteiger charge is 2.25. The average Bonchev–Trinajstić information content (AvgIpc) is 3.40. The fourth-order valence-corrected chi connectivity index (χ4v) is 5.04.